The lowest BCUT2D eigenvalue weighted by Crippen LogP contribution is -2.60. The fourth-order valence-electron chi connectivity index (χ4n) is 1.11. The minimum atomic E-state index is -1.26. The maximum Gasteiger partial charge on any atom is 0.146 e. The summed E-state index contributed by atoms with van der Waals surface area (Å²) in [6.07, 6.45) is 0.386. The Morgan fingerprint density at radius 1 is 1.57 bits per heavy atom. The summed E-state index contributed by atoms with van der Waals surface area (Å²) in [5, 5.41) is 28.1. The van der Waals surface area contributed by atoms with Gasteiger partial charge in [-0.25, -0.2) is 0 Å². The molecule has 1 unspecified atom stereocenters. The summed E-state index contributed by atoms with van der Waals surface area (Å²) in [6, 6.07) is 0. The van der Waals surface area contributed by atoms with E-state index in [1.807, 2.05) is 0 Å². The van der Waals surface area contributed by atoms with E-state index >= 15 is 0 Å². The van der Waals surface area contributed by atoms with Crippen molar-refractivity contribution >= 4 is 11.9 Å². The van der Waals surface area contributed by atoms with Crippen LogP contribution in [0.2, 0.25) is 0 Å². The highest BCUT2D eigenvalue weighted by molar-refractivity contribution is 6.11. The van der Waals surface area contributed by atoms with Gasteiger partial charge in [-0.1, -0.05) is 0 Å². The molecule has 1 rings (SSSR count). The van der Waals surface area contributed by atoms with Crippen LogP contribution in [0.5, 0.6) is 0 Å². The normalized spacial score (nSPS) is 21.0. The molecule has 1 heterocycles. The average molecular weight is 201 g/mol. The van der Waals surface area contributed by atoms with Crippen LogP contribution in [0.1, 0.15) is 0 Å². The molecule has 7 nitrogen and oxygen atoms in total. The number of aliphatic hydroxyl groups excluding tert-OH is 2. The Hall–Kier alpha value is -0.860. The zero-order chi connectivity index (χ0) is 10.6. The van der Waals surface area contributed by atoms with Gasteiger partial charge in [0.05, 0.1) is 12.8 Å². The lowest BCUT2D eigenvalue weighted by Gasteiger charge is -2.21. The largest absolute Gasteiger partial charge is 0.395 e. The van der Waals surface area contributed by atoms with Crippen LogP contribution >= 0.6 is 0 Å². The van der Waals surface area contributed by atoms with Crippen molar-refractivity contribution in [1.82, 2.24) is 5.32 Å². The van der Waals surface area contributed by atoms with Crippen LogP contribution in [0.3, 0.4) is 0 Å². The maximum absolute atomic E-state index is 9.60. The molecule has 0 spiro atoms. The van der Waals surface area contributed by atoms with Gasteiger partial charge in [0.2, 0.25) is 0 Å². The molecule has 80 valence electrons. The van der Waals surface area contributed by atoms with Crippen molar-refractivity contribution in [1.29, 1.82) is 0 Å². The molecule has 1 aliphatic rings. The number of rotatable bonds is 5. The minimum absolute atomic E-state index is 0.00604. The minimum Gasteiger partial charge on any atom is -0.395 e. The van der Waals surface area contributed by atoms with E-state index in [0.717, 1.165) is 0 Å². The second kappa shape index (κ2) is 4.58. The quantitative estimate of drug-likeness (QED) is 0.239. The van der Waals surface area contributed by atoms with Crippen molar-refractivity contribution in [2.45, 2.75) is 11.8 Å². The molecule has 0 radical (unpaired) electrons. The lowest BCUT2D eigenvalue weighted by molar-refractivity contribution is 0.223. The van der Waals surface area contributed by atoms with E-state index in [-0.39, 0.29) is 18.9 Å². The van der Waals surface area contributed by atoms with Gasteiger partial charge in [-0.2, -0.15) is 10.2 Å². The van der Waals surface area contributed by atoms with Gasteiger partial charge in [0, 0.05) is 13.1 Å². The van der Waals surface area contributed by atoms with Crippen LogP contribution in [-0.4, -0.2) is 53.6 Å². The Bertz CT molecular complexity index is 250. The molecule has 0 aromatic rings. The first-order valence-corrected chi connectivity index (χ1v) is 4.28. The zero-order valence-electron chi connectivity index (χ0n) is 7.72. The second-order valence-corrected chi connectivity index (χ2v) is 3.11. The summed E-state index contributed by atoms with van der Waals surface area (Å²) in [7, 11) is 0. The van der Waals surface area contributed by atoms with Crippen molar-refractivity contribution in [3.05, 3.63) is 0 Å². The van der Waals surface area contributed by atoms with Crippen LogP contribution in [0, 0.1) is 0 Å². The summed E-state index contributed by atoms with van der Waals surface area (Å²) < 4.78 is 0. The molecule has 0 fully saturated rings. The highest BCUT2D eigenvalue weighted by atomic mass is 16.3. The van der Waals surface area contributed by atoms with Gasteiger partial charge in [0.25, 0.3) is 0 Å². The van der Waals surface area contributed by atoms with E-state index < -0.39 is 11.8 Å². The predicted molar refractivity (Wildman–Crippen MR) is 53.0 cm³/mol. The number of aliphatic hydroxyl groups is 2. The van der Waals surface area contributed by atoms with E-state index in [1.54, 1.807) is 0 Å². The first kappa shape index (κ1) is 11.2. The molecule has 7 heteroatoms. The third-order valence-electron chi connectivity index (χ3n) is 1.82. The summed E-state index contributed by atoms with van der Waals surface area (Å²) in [5.41, 5.74) is 10.1. The van der Waals surface area contributed by atoms with Crippen LogP contribution in [-0.2, 0) is 0 Å². The molecule has 1 atom stereocenters. The third kappa shape index (κ3) is 2.56. The standard InChI is InChI=1S/C7H15N5O2/c8-7(9)4-11-12-6(7)5(14)3-10-1-2-13/h4-5,10,13-14H,1-3,8-9H2. The van der Waals surface area contributed by atoms with Gasteiger partial charge in [-0.15, -0.1) is 0 Å². The Labute approximate surface area is 81.5 Å². The maximum atomic E-state index is 9.60. The Kier molecular flexibility index (Phi) is 3.67. The highest BCUT2D eigenvalue weighted by Crippen LogP contribution is 2.05. The van der Waals surface area contributed by atoms with Crippen LogP contribution in [0.4, 0.5) is 0 Å². The SMILES string of the molecule is NC1(N)C=NN=C1C(O)CNCCO. The molecule has 0 bridgehead atoms. The zero-order valence-corrected chi connectivity index (χ0v) is 7.72. The van der Waals surface area contributed by atoms with E-state index in [4.69, 9.17) is 16.6 Å². The Balaban J connectivity index is 2.42. The van der Waals surface area contributed by atoms with Crippen molar-refractivity contribution in [3.63, 3.8) is 0 Å². The van der Waals surface area contributed by atoms with Gasteiger partial charge >= 0.3 is 0 Å². The molecule has 0 aromatic carbocycles. The van der Waals surface area contributed by atoms with Gasteiger partial charge in [0.15, 0.2) is 0 Å². The lowest BCUT2D eigenvalue weighted by atomic mass is 10.0. The van der Waals surface area contributed by atoms with E-state index in [1.165, 1.54) is 6.21 Å². The third-order valence-corrected chi connectivity index (χ3v) is 1.82. The number of hydrogen-bond donors (Lipinski definition) is 5. The highest BCUT2D eigenvalue weighted by Gasteiger charge is 2.33. The van der Waals surface area contributed by atoms with E-state index in [2.05, 4.69) is 15.5 Å². The second-order valence-electron chi connectivity index (χ2n) is 3.11. The molecule has 14 heavy (non-hydrogen) atoms. The average Bonchev–Trinajstić information content (AvgIpc) is 2.45. The smallest absolute Gasteiger partial charge is 0.146 e. The molecule has 1 aliphatic heterocycles. The van der Waals surface area contributed by atoms with E-state index in [9.17, 15) is 5.11 Å². The molecular formula is C7H15N5O2. The molecule has 0 aliphatic carbocycles. The number of nitrogens with zero attached hydrogens (tertiary/aromatic N) is 2. The molecule has 0 amide bonds. The van der Waals surface area contributed by atoms with Crippen molar-refractivity contribution in [3.8, 4) is 0 Å². The fourth-order valence-corrected chi connectivity index (χ4v) is 1.11. The monoisotopic (exact) mass is 201 g/mol. The summed E-state index contributed by atoms with van der Waals surface area (Å²) in [4.78, 5) is 0. The van der Waals surface area contributed by atoms with Crippen LogP contribution in [0.25, 0.3) is 0 Å². The summed E-state index contributed by atoms with van der Waals surface area (Å²) in [5.74, 6) is 0. The van der Waals surface area contributed by atoms with Crippen molar-refractivity contribution in [2.24, 2.45) is 21.7 Å². The van der Waals surface area contributed by atoms with Gasteiger partial charge in [0.1, 0.15) is 17.5 Å². The topological polar surface area (TPSA) is 129 Å². The Morgan fingerprint density at radius 3 is 2.79 bits per heavy atom. The first-order chi connectivity index (χ1) is 6.58. The van der Waals surface area contributed by atoms with Gasteiger partial charge < -0.3 is 27.0 Å². The number of nitrogens with one attached hydrogen (secondary N) is 1. The number of nitrogens with two attached hydrogens (primary N) is 2. The molecule has 0 saturated carbocycles. The predicted octanol–water partition coefficient (Wildman–Crippen LogP) is -3.02. The summed E-state index contributed by atoms with van der Waals surface area (Å²) in [6.45, 7) is 0.637. The van der Waals surface area contributed by atoms with Crippen LogP contribution < -0.4 is 16.8 Å². The first-order valence-electron chi connectivity index (χ1n) is 4.28. The van der Waals surface area contributed by atoms with Crippen LogP contribution in [0.15, 0.2) is 10.2 Å². The molecule has 0 saturated heterocycles. The van der Waals surface area contributed by atoms with Crippen molar-refractivity contribution < 1.29 is 10.2 Å². The molecular weight excluding hydrogens is 186 g/mol. The summed E-state index contributed by atoms with van der Waals surface area (Å²) >= 11 is 0. The number of hydrogen-bond acceptors (Lipinski definition) is 7. The Morgan fingerprint density at radius 2 is 2.29 bits per heavy atom. The molecule has 7 N–H and O–H groups in total. The molecule has 0 aromatic heterocycles. The van der Waals surface area contributed by atoms with E-state index in [0.29, 0.717) is 6.54 Å². The van der Waals surface area contributed by atoms with Gasteiger partial charge in [-0.3, -0.25) is 0 Å². The van der Waals surface area contributed by atoms with Gasteiger partial charge in [-0.05, 0) is 0 Å². The fraction of sp³-hybridized carbons (Fsp3) is 0.714. The van der Waals surface area contributed by atoms with Crippen molar-refractivity contribution in [2.75, 3.05) is 19.7 Å².